The zero-order chi connectivity index (χ0) is 11.3. The molecule has 3 nitrogen and oxygen atoms in total. The van der Waals surface area contributed by atoms with E-state index in [1.807, 2.05) is 18.2 Å². The molecule has 5 heteroatoms. The highest BCUT2D eigenvalue weighted by Crippen LogP contribution is 2.28. The second-order valence-corrected chi connectivity index (χ2v) is 4.09. The molecule has 0 unspecified atom stereocenters. The number of rotatable bonds is 4. The van der Waals surface area contributed by atoms with Gasteiger partial charge in [0, 0.05) is 16.7 Å². The Morgan fingerprint density at radius 1 is 1.60 bits per heavy atom. The summed E-state index contributed by atoms with van der Waals surface area (Å²) >= 11 is 7.18. The number of thioether (sulfide) groups is 1. The number of hydrogen-bond acceptors (Lipinski definition) is 3. The predicted molar refractivity (Wildman–Crippen MR) is 62.7 cm³/mol. The van der Waals surface area contributed by atoms with Crippen molar-refractivity contribution in [2.75, 3.05) is 0 Å². The van der Waals surface area contributed by atoms with Gasteiger partial charge in [0.2, 0.25) is 0 Å². The molecule has 80 valence electrons. The molecule has 0 aliphatic carbocycles. The van der Waals surface area contributed by atoms with Crippen LogP contribution in [0.1, 0.15) is 13.3 Å². The highest BCUT2D eigenvalue weighted by Gasteiger charge is 2.07. The van der Waals surface area contributed by atoms with Crippen molar-refractivity contribution < 1.29 is 4.92 Å². The van der Waals surface area contributed by atoms with Crippen LogP contribution in [-0.2, 0) is 0 Å². The maximum absolute atomic E-state index is 10.5. The second-order valence-electron chi connectivity index (χ2n) is 2.77. The number of benzene rings is 1. The average molecular weight is 244 g/mol. The summed E-state index contributed by atoms with van der Waals surface area (Å²) in [5, 5.41) is 12.7. The fraction of sp³-hybridized carbons (Fsp3) is 0.200. The summed E-state index contributed by atoms with van der Waals surface area (Å²) in [4.78, 5) is 11.0. The molecule has 1 rings (SSSR count). The van der Waals surface area contributed by atoms with Crippen LogP contribution in [0.4, 0.5) is 0 Å². The maximum Gasteiger partial charge on any atom is 0.252 e. The van der Waals surface area contributed by atoms with E-state index in [4.69, 9.17) is 11.6 Å². The van der Waals surface area contributed by atoms with E-state index in [1.165, 1.54) is 17.2 Å². The molecule has 0 aromatic heterocycles. The molecular weight excluding hydrogens is 234 g/mol. The van der Waals surface area contributed by atoms with Crippen molar-refractivity contribution in [3.63, 3.8) is 0 Å². The van der Waals surface area contributed by atoms with Gasteiger partial charge in [0.1, 0.15) is 0 Å². The molecule has 0 radical (unpaired) electrons. The minimum Gasteiger partial charge on any atom is -0.259 e. The Morgan fingerprint density at radius 3 is 2.80 bits per heavy atom. The Morgan fingerprint density at radius 2 is 2.27 bits per heavy atom. The van der Waals surface area contributed by atoms with Gasteiger partial charge in [-0.05, 0) is 12.1 Å². The van der Waals surface area contributed by atoms with Gasteiger partial charge in [-0.1, -0.05) is 42.4 Å². The summed E-state index contributed by atoms with van der Waals surface area (Å²) in [7, 11) is 0. The normalized spacial score (nSPS) is 11.5. The molecule has 1 aromatic carbocycles. The van der Waals surface area contributed by atoms with Crippen molar-refractivity contribution in [2.24, 2.45) is 0 Å². The molecule has 0 saturated carbocycles. The number of nitro groups is 1. The molecule has 0 heterocycles. The van der Waals surface area contributed by atoms with Gasteiger partial charge >= 0.3 is 0 Å². The minimum atomic E-state index is -0.371. The van der Waals surface area contributed by atoms with Crippen LogP contribution in [0.25, 0.3) is 0 Å². The summed E-state index contributed by atoms with van der Waals surface area (Å²) in [5.41, 5.74) is 0.194. The van der Waals surface area contributed by atoms with Crippen molar-refractivity contribution >= 4 is 23.4 Å². The number of nitrogens with zero attached hydrogens (tertiary/aromatic N) is 1. The third kappa shape index (κ3) is 3.57. The van der Waals surface area contributed by atoms with Crippen LogP contribution >= 0.6 is 23.4 Å². The first kappa shape index (κ1) is 12.1. The molecule has 0 aliphatic heterocycles. The fourth-order valence-electron chi connectivity index (χ4n) is 0.927. The lowest BCUT2D eigenvalue weighted by molar-refractivity contribution is -0.427. The van der Waals surface area contributed by atoms with Crippen LogP contribution in [0.15, 0.2) is 40.3 Å². The van der Waals surface area contributed by atoms with Gasteiger partial charge in [0.15, 0.2) is 0 Å². The van der Waals surface area contributed by atoms with Gasteiger partial charge < -0.3 is 0 Å². The first-order chi connectivity index (χ1) is 7.15. The number of halogens is 1. The third-order valence-corrected chi connectivity index (χ3v) is 3.20. The van der Waals surface area contributed by atoms with E-state index in [1.54, 1.807) is 13.0 Å². The molecule has 1 aromatic rings. The third-order valence-electron chi connectivity index (χ3n) is 1.76. The molecule has 0 atom stereocenters. The highest BCUT2D eigenvalue weighted by atomic mass is 35.5. The van der Waals surface area contributed by atoms with Gasteiger partial charge in [0.25, 0.3) is 5.70 Å². The van der Waals surface area contributed by atoms with Gasteiger partial charge in [-0.3, -0.25) is 10.1 Å². The van der Waals surface area contributed by atoms with E-state index in [9.17, 15) is 10.1 Å². The first-order valence-electron chi connectivity index (χ1n) is 4.39. The van der Waals surface area contributed by atoms with E-state index < -0.39 is 0 Å². The standard InChI is InChI=1S/C10H10ClNO2S/c1-2-8(12(13)14)7-15-10-6-4-3-5-9(10)11/h3-7H,2H2,1H3. The number of hydrogen-bond donors (Lipinski definition) is 0. The van der Waals surface area contributed by atoms with Crippen LogP contribution in [0, 0.1) is 10.1 Å². The lowest BCUT2D eigenvalue weighted by atomic mass is 10.4. The zero-order valence-electron chi connectivity index (χ0n) is 8.14. The van der Waals surface area contributed by atoms with E-state index in [2.05, 4.69) is 0 Å². The molecule has 0 amide bonds. The Balaban J connectivity index is 2.79. The Labute approximate surface area is 97.3 Å². The molecule has 15 heavy (non-hydrogen) atoms. The molecular formula is C10H10ClNO2S. The average Bonchev–Trinajstić information content (AvgIpc) is 2.21. The van der Waals surface area contributed by atoms with E-state index >= 15 is 0 Å². The summed E-state index contributed by atoms with van der Waals surface area (Å²) in [6, 6.07) is 7.26. The predicted octanol–water partition coefficient (Wildman–Crippen LogP) is 3.96. The van der Waals surface area contributed by atoms with Crippen molar-refractivity contribution in [2.45, 2.75) is 18.2 Å². The van der Waals surface area contributed by atoms with Crippen LogP contribution < -0.4 is 0 Å². The Bertz CT molecular complexity index is 393. The van der Waals surface area contributed by atoms with Gasteiger partial charge in [-0.25, -0.2) is 0 Å². The smallest absolute Gasteiger partial charge is 0.252 e. The van der Waals surface area contributed by atoms with Gasteiger partial charge in [0.05, 0.1) is 9.95 Å². The summed E-state index contributed by atoms with van der Waals surface area (Å²) in [5.74, 6) is 0. The number of allylic oxidation sites excluding steroid dienone is 1. The molecule has 0 N–H and O–H groups in total. The van der Waals surface area contributed by atoms with Gasteiger partial charge in [-0.2, -0.15) is 0 Å². The molecule has 0 spiro atoms. The SMILES string of the molecule is CCC(=CSc1ccccc1Cl)[N+](=O)[O-]. The molecule has 0 saturated heterocycles. The first-order valence-corrected chi connectivity index (χ1v) is 5.65. The Kier molecular flexibility index (Phi) is 4.65. The fourth-order valence-corrected chi connectivity index (χ4v) is 2.05. The molecule has 0 aliphatic rings. The summed E-state index contributed by atoms with van der Waals surface area (Å²) in [6.07, 6.45) is 0.407. The van der Waals surface area contributed by atoms with E-state index in [-0.39, 0.29) is 10.6 Å². The minimum absolute atomic E-state index is 0.194. The summed E-state index contributed by atoms with van der Waals surface area (Å²) in [6.45, 7) is 1.75. The Hall–Kier alpha value is -1.00. The monoisotopic (exact) mass is 243 g/mol. The highest BCUT2D eigenvalue weighted by molar-refractivity contribution is 8.02. The quantitative estimate of drug-likeness (QED) is 0.457. The lowest BCUT2D eigenvalue weighted by Gasteiger charge is -1.99. The topological polar surface area (TPSA) is 43.1 Å². The molecule has 0 fully saturated rings. The van der Waals surface area contributed by atoms with Crippen molar-refractivity contribution in [1.82, 2.24) is 0 Å². The van der Waals surface area contributed by atoms with Gasteiger partial charge in [-0.15, -0.1) is 0 Å². The van der Waals surface area contributed by atoms with E-state index in [0.29, 0.717) is 11.4 Å². The molecule has 0 bridgehead atoms. The van der Waals surface area contributed by atoms with Crippen LogP contribution in [0.5, 0.6) is 0 Å². The van der Waals surface area contributed by atoms with Crippen LogP contribution in [0.3, 0.4) is 0 Å². The van der Waals surface area contributed by atoms with Crippen LogP contribution in [0.2, 0.25) is 5.02 Å². The largest absolute Gasteiger partial charge is 0.259 e. The second kappa shape index (κ2) is 5.78. The van der Waals surface area contributed by atoms with Crippen LogP contribution in [-0.4, -0.2) is 4.92 Å². The van der Waals surface area contributed by atoms with Crippen molar-refractivity contribution in [3.05, 3.63) is 50.5 Å². The van der Waals surface area contributed by atoms with Crippen molar-refractivity contribution in [1.29, 1.82) is 0 Å². The zero-order valence-corrected chi connectivity index (χ0v) is 9.72. The lowest BCUT2D eigenvalue weighted by Crippen LogP contribution is -1.95. The maximum atomic E-state index is 10.5. The van der Waals surface area contributed by atoms with E-state index in [0.717, 1.165) is 4.90 Å². The summed E-state index contributed by atoms with van der Waals surface area (Å²) < 4.78 is 0. The van der Waals surface area contributed by atoms with Crippen molar-refractivity contribution in [3.8, 4) is 0 Å².